The molecule has 3 heterocycles. The summed E-state index contributed by atoms with van der Waals surface area (Å²) in [5.41, 5.74) is 3.52. The van der Waals surface area contributed by atoms with Gasteiger partial charge in [-0.1, -0.05) is 62.4 Å². The van der Waals surface area contributed by atoms with Gasteiger partial charge in [0.05, 0.1) is 17.6 Å². The van der Waals surface area contributed by atoms with Crippen molar-refractivity contribution in [3.05, 3.63) is 83.9 Å². The molecule has 1 atom stereocenters. The minimum atomic E-state index is -4.48. The molecule has 0 aliphatic carbocycles. The summed E-state index contributed by atoms with van der Waals surface area (Å²) in [6.45, 7) is 6.29. The van der Waals surface area contributed by atoms with Crippen molar-refractivity contribution < 1.29 is 13.2 Å². The summed E-state index contributed by atoms with van der Waals surface area (Å²) in [5.74, 6) is 1.23. The van der Waals surface area contributed by atoms with E-state index in [0.29, 0.717) is 23.0 Å². The van der Waals surface area contributed by atoms with Crippen LogP contribution in [0.4, 0.5) is 13.2 Å². The van der Waals surface area contributed by atoms with E-state index >= 15 is 0 Å². The SMILES string of the molecule is CC(C)c1ccccc1-c1ncc2cnn(C(C)c3ccc(-c4nc(C(F)(F)F)cn4C)cc3)c2n1. The molecule has 0 amide bonds. The van der Waals surface area contributed by atoms with Crippen LogP contribution in [-0.2, 0) is 13.2 Å². The van der Waals surface area contributed by atoms with Crippen molar-refractivity contribution in [2.45, 2.75) is 38.9 Å². The van der Waals surface area contributed by atoms with Gasteiger partial charge in [0.2, 0.25) is 0 Å². The molecule has 3 aromatic heterocycles. The van der Waals surface area contributed by atoms with Crippen LogP contribution in [0, 0.1) is 0 Å². The Morgan fingerprint density at radius 3 is 2.28 bits per heavy atom. The van der Waals surface area contributed by atoms with Gasteiger partial charge >= 0.3 is 6.18 Å². The highest BCUT2D eigenvalue weighted by Crippen LogP contribution is 2.32. The lowest BCUT2D eigenvalue weighted by Gasteiger charge is -2.15. The molecule has 0 aliphatic rings. The molecule has 36 heavy (non-hydrogen) atoms. The van der Waals surface area contributed by atoms with Crippen molar-refractivity contribution in [1.82, 2.24) is 29.3 Å². The molecule has 2 aromatic carbocycles. The van der Waals surface area contributed by atoms with E-state index in [1.807, 2.05) is 41.9 Å². The topological polar surface area (TPSA) is 61.4 Å². The van der Waals surface area contributed by atoms with Crippen molar-refractivity contribution >= 4 is 11.0 Å². The molecular weight excluding hydrogens is 465 g/mol. The number of rotatable bonds is 5. The van der Waals surface area contributed by atoms with E-state index < -0.39 is 11.9 Å². The van der Waals surface area contributed by atoms with Gasteiger partial charge in [-0.15, -0.1) is 0 Å². The smallest absolute Gasteiger partial charge is 0.333 e. The fraction of sp³-hybridized carbons (Fsp3) is 0.259. The van der Waals surface area contributed by atoms with E-state index in [9.17, 15) is 13.2 Å². The number of hydrogen-bond acceptors (Lipinski definition) is 4. The van der Waals surface area contributed by atoms with Crippen LogP contribution >= 0.6 is 0 Å². The van der Waals surface area contributed by atoms with E-state index in [2.05, 4.69) is 35.0 Å². The van der Waals surface area contributed by atoms with Gasteiger partial charge in [0.15, 0.2) is 17.2 Å². The maximum Gasteiger partial charge on any atom is 0.434 e. The maximum atomic E-state index is 13.1. The Kier molecular flexibility index (Phi) is 5.86. The molecule has 0 saturated carbocycles. The van der Waals surface area contributed by atoms with Crippen molar-refractivity contribution in [2.75, 3.05) is 0 Å². The third-order valence-corrected chi connectivity index (χ3v) is 6.34. The van der Waals surface area contributed by atoms with Crippen LogP contribution in [0.5, 0.6) is 0 Å². The first-order valence-electron chi connectivity index (χ1n) is 11.6. The first kappa shape index (κ1) is 23.7. The Bertz CT molecular complexity index is 1530. The summed E-state index contributed by atoms with van der Waals surface area (Å²) in [7, 11) is 1.55. The van der Waals surface area contributed by atoms with Gasteiger partial charge < -0.3 is 4.57 Å². The number of alkyl halides is 3. The molecule has 9 heteroatoms. The first-order valence-corrected chi connectivity index (χ1v) is 11.6. The van der Waals surface area contributed by atoms with Crippen LogP contribution in [0.3, 0.4) is 0 Å². The number of nitrogens with zero attached hydrogens (tertiary/aromatic N) is 6. The van der Waals surface area contributed by atoms with Gasteiger partial charge in [0.1, 0.15) is 5.82 Å². The summed E-state index contributed by atoms with van der Waals surface area (Å²) in [6, 6.07) is 15.3. The highest BCUT2D eigenvalue weighted by atomic mass is 19.4. The van der Waals surface area contributed by atoms with Crippen molar-refractivity contribution in [3.8, 4) is 22.8 Å². The summed E-state index contributed by atoms with van der Waals surface area (Å²) >= 11 is 0. The van der Waals surface area contributed by atoms with Gasteiger partial charge in [0, 0.05) is 30.6 Å². The summed E-state index contributed by atoms with van der Waals surface area (Å²) in [4.78, 5) is 13.2. The average Bonchev–Trinajstić information content (AvgIpc) is 3.47. The quantitative estimate of drug-likeness (QED) is 0.277. The summed E-state index contributed by atoms with van der Waals surface area (Å²) < 4.78 is 42.4. The molecule has 0 saturated heterocycles. The second kappa shape index (κ2) is 8.89. The standard InChI is InChI=1S/C27H25F3N6/c1-16(2)21-7-5-6-8-22(21)24-31-13-20-14-32-36(26(20)34-24)17(3)18-9-11-19(12-10-18)25-33-23(15-35(25)4)27(28,29)30/h5-17H,1-4H3. The van der Waals surface area contributed by atoms with E-state index in [1.165, 1.54) is 10.1 Å². The van der Waals surface area contributed by atoms with Crippen LogP contribution in [-0.4, -0.2) is 29.3 Å². The largest absolute Gasteiger partial charge is 0.434 e. The molecule has 184 valence electrons. The lowest BCUT2D eigenvalue weighted by Crippen LogP contribution is -2.09. The molecule has 0 N–H and O–H groups in total. The predicted molar refractivity (Wildman–Crippen MR) is 132 cm³/mol. The van der Waals surface area contributed by atoms with E-state index in [-0.39, 0.29) is 11.9 Å². The minimum Gasteiger partial charge on any atom is -0.333 e. The highest BCUT2D eigenvalue weighted by molar-refractivity contribution is 5.76. The molecular formula is C27H25F3N6. The van der Waals surface area contributed by atoms with E-state index in [1.54, 1.807) is 31.6 Å². The molecule has 0 spiro atoms. The number of hydrogen-bond donors (Lipinski definition) is 0. The lowest BCUT2D eigenvalue weighted by atomic mass is 9.97. The Morgan fingerprint density at radius 2 is 1.61 bits per heavy atom. The maximum absolute atomic E-state index is 13.1. The molecule has 1 unspecified atom stereocenters. The molecule has 5 aromatic rings. The molecule has 6 nitrogen and oxygen atoms in total. The zero-order valence-corrected chi connectivity index (χ0v) is 20.3. The number of fused-ring (bicyclic) bond motifs is 1. The van der Waals surface area contributed by atoms with Crippen LogP contribution < -0.4 is 0 Å². The van der Waals surface area contributed by atoms with Crippen molar-refractivity contribution in [3.63, 3.8) is 0 Å². The van der Waals surface area contributed by atoms with E-state index in [4.69, 9.17) is 4.98 Å². The Balaban J connectivity index is 1.48. The van der Waals surface area contributed by atoms with Gasteiger partial charge in [-0.3, -0.25) is 0 Å². The molecule has 0 fully saturated rings. The van der Waals surface area contributed by atoms with Gasteiger partial charge in [-0.2, -0.15) is 18.3 Å². The fourth-order valence-electron chi connectivity index (χ4n) is 4.38. The number of imidazole rings is 1. The van der Waals surface area contributed by atoms with Crippen LogP contribution in [0.25, 0.3) is 33.8 Å². The molecule has 0 radical (unpaired) electrons. The average molecular weight is 491 g/mol. The highest BCUT2D eigenvalue weighted by Gasteiger charge is 2.34. The van der Waals surface area contributed by atoms with Crippen molar-refractivity contribution in [2.24, 2.45) is 7.05 Å². The van der Waals surface area contributed by atoms with Gasteiger partial charge in [-0.05, 0) is 24.0 Å². The van der Waals surface area contributed by atoms with Crippen LogP contribution in [0.1, 0.15) is 49.6 Å². The third kappa shape index (κ3) is 4.25. The Labute approximate surface area is 206 Å². The zero-order valence-electron chi connectivity index (χ0n) is 20.3. The Morgan fingerprint density at radius 1 is 0.889 bits per heavy atom. The molecule has 0 bridgehead atoms. The van der Waals surface area contributed by atoms with Gasteiger partial charge in [-0.25, -0.2) is 19.6 Å². The lowest BCUT2D eigenvalue weighted by molar-refractivity contribution is -0.140. The van der Waals surface area contributed by atoms with Crippen LogP contribution in [0.2, 0.25) is 0 Å². The molecule has 5 rings (SSSR count). The second-order valence-corrected chi connectivity index (χ2v) is 9.16. The summed E-state index contributed by atoms with van der Waals surface area (Å²) in [5, 5.41) is 5.39. The normalized spacial score (nSPS) is 13.0. The zero-order chi connectivity index (χ0) is 25.6. The van der Waals surface area contributed by atoms with Crippen LogP contribution in [0.15, 0.2) is 67.1 Å². The van der Waals surface area contributed by atoms with Crippen molar-refractivity contribution in [1.29, 1.82) is 0 Å². The minimum absolute atomic E-state index is 0.160. The first-order chi connectivity index (χ1) is 17.1. The predicted octanol–water partition coefficient (Wildman–Crippen LogP) is 6.65. The van der Waals surface area contributed by atoms with Gasteiger partial charge in [0.25, 0.3) is 0 Å². The second-order valence-electron chi connectivity index (χ2n) is 9.16. The fourth-order valence-corrected chi connectivity index (χ4v) is 4.38. The monoisotopic (exact) mass is 490 g/mol. The number of benzene rings is 2. The molecule has 0 aliphatic heterocycles. The number of halogens is 3. The number of aromatic nitrogens is 6. The third-order valence-electron chi connectivity index (χ3n) is 6.34. The summed E-state index contributed by atoms with van der Waals surface area (Å²) in [6.07, 6.45) is 0.0385. The Hall–Kier alpha value is -4.01. The van der Waals surface area contributed by atoms with E-state index in [0.717, 1.165) is 22.7 Å². The number of aryl methyl sites for hydroxylation is 1.